The molecule has 0 aliphatic carbocycles. The van der Waals surface area contributed by atoms with Crippen molar-refractivity contribution in [1.29, 1.82) is 0 Å². The summed E-state index contributed by atoms with van der Waals surface area (Å²) in [7, 11) is 0. The average molecular weight is 423 g/mol. The molecule has 0 aromatic carbocycles. The first-order valence-electron chi connectivity index (χ1n) is 8.55. The highest BCUT2D eigenvalue weighted by molar-refractivity contribution is 7.99. The van der Waals surface area contributed by atoms with E-state index in [0.717, 1.165) is 6.42 Å². The molecule has 1 saturated heterocycles. The summed E-state index contributed by atoms with van der Waals surface area (Å²) in [5.74, 6) is 0.568. The van der Waals surface area contributed by atoms with Gasteiger partial charge in [0.05, 0.1) is 12.9 Å². The number of nitrogens with one attached hydrogen (secondary N) is 1. The molecule has 0 radical (unpaired) electrons. The summed E-state index contributed by atoms with van der Waals surface area (Å²) in [4.78, 5) is 12.5. The molecule has 0 bridgehead atoms. The maximum absolute atomic E-state index is 12.6. The number of aromatic nitrogens is 4. The largest absolute Gasteiger partial charge is 0.405 e. The number of nitrogens with zero attached hydrogens (tertiary/aromatic N) is 4. The Balaban J connectivity index is 2.00. The fourth-order valence-corrected chi connectivity index (χ4v) is 3.45. The first kappa shape index (κ1) is 21.0. The van der Waals surface area contributed by atoms with Crippen LogP contribution in [-0.4, -0.2) is 78.2 Å². The van der Waals surface area contributed by atoms with E-state index in [4.69, 9.17) is 4.74 Å². The van der Waals surface area contributed by atoms with Gasteiger partial charge in [0.1, 0.15) is 24.9 Å². The number of fused-ring (bicyclic) bond motifs is 1. The fraction of sp³-hybridized carbons (Fsp3) is 0.667. The summed E-state index contributed by atoms with van der Waals surface area (Å²) >= 11 is 1.27. The van der Waals surface area contributed by atoms with Crippen LogP contribution in [0.15, 0.2) is 11.5 Å². The molecule has 13 heteroatoms. The van der Waals surface area contributed by atoms with Crippen LogP contribution >= 0.6 is 11.8 Å². The van der Waals surface area contributed by atoms with Crippen molar-refractivity contribution in [2.75, 3.05) is 24.2 Å². The van der Waals surface area contributed by atoms with E-state index in [2.05, 4.69) is 20.3 Å². The number of imidazole rings is 1. The minimum atomic E-state index is -4.44. The summed E-state index contributed by atoms with van der Waals surface area (Å²) < 4.78 is 44.7. The molecule has 2 unspecified atom stereocenters. The van der Waals surface area contributed by atoms with E-state index in [1.54, 1.807) is 0 Å². The van der Waals surface area contributed by atoms with Crippen LogP contribution in [0.25, 0.3) is 11.2 Å². The number of hydrogen-bond acceptors (Lipinski definition) is 9. The number of rotatable bonds is 7. The van der Waals surface area contributed by atoms with Crippen molar-refractivity contribution in [2.24, 2.45) is 0 Å². The van der Waals surface area contributed by atoms with Crippen LogP contribution in [0.1, 0.15) is 19.6 Å². The Hall–Kier alpha value is -1.67. The Labute approximate surface area is 162 Å². The topological polar surface area (TPSA) is 126 Å². The number of alkyl halides is 3. The van der Waals surface area contributed by atoms with Crippen LogP contribution in [0, 0.1) is 0 Å². The van der Waals surface area contributed by atoms with Crippen molar-refractivity contribution in [2.45, 2.75) is 49.2 Å². The van der Waals surface area contributed by atoms with Gasteiger partial charge in [-0.05, 0) is 6.42 Å². The van der Waals surface area contributed by atoms with E-state index >= 15 is 0 Å². The van der Waals surface area contributed by atoms with Gasteiger partial charge in [-0.25, -0.2) is 15.0 Å². The van der Waals surface area contributed by atoms with Crippen molar-refractivity contribution in [3.8, 4) is 0 Å². The molecular weight excluding hydrogens is 403 g/mol. The third kappa shape index (κ3) is 4.33. The molecule has 0 amide bonds. The molecule has 2 aromatic rings. The van der Waals surface area contributed by atoms with E-state index in [9.17, 15) is 28.5 Å². The summed E-state index contributed by atoms with van der Waals surface area (Å²) in [5, 5.41) is 31.9. The van der Waals surface area contributed by atoms with Crippen LogP contribution in [0.4, 0.5) is 19.0 Å². The van der Waals surface area contributed by atoms with Gasteiger partial charge in [0.25, 0.3) is 0 Å². The Kier molecular flexibility index (Phi) is 6.29. The van der Waals surface area contributed by atoms with Crippen molar-refractivity contribution >= 4 is 28.7 Å². The van der Waals surface area contributed by atoms with Gasteiger partial charge in [0.2, 0.25) is 0 Å². The zero-order valence-corrected chi connectivity index (χ0v) is 15.6. The predicted molar refractivity (Wildman–Crippen MR) is 93.9 cm³/mol. The van der Waals surface area contributed by atoms with Crippen molar-refractivity contribution in [3.63, 3.8) is 0 Å². The second kappa shape index (κ2) is 8.37. The molecule has 2 aromatic heterocycles. The lowest BCUT2D eigenvalue weighted by Gasteiger charge is -2.17. The normalized spacial score (nSPS) is 25.5. The van der Waals surface area contributed by atoms with Gasteiger partial charge in [-0.15, -0.1) is 0 Å². The number of aliphatic hydroxyl groups excluding tert-OH is 3. The number of hydrogen-bond donors (Lipinski definition) is 4. The third-order valence-electron chi connectivity index (χ3n) is 4.08. The Morgan fingerprint density at radius 2 is 2.04 bits per heavy atom. The van der Waals surface area contributed by atoms with Gasteiger partial charge in [-0.2, -0.15) is 13.2 Å². The van der Waals surface area contributed by atoms with Crippen LogP contribution in [0.5, 0.6) is 0 Å². The minimum absolute atomic E-state index is 0.0721. The van der Waals surface area contributed by atoms with Crippen molar-refractivity contribution < 1.29 is 33.2 Å². The maximum atomic E-state index is 12.6. The number of thioether (sulfide) groups is 1. The quantitative estimate of drug-likeness (QED) is 0.380. The third-order valence-corrected chi connectivity index (χ3v) is 5.14. The standard InChI is InChI=1S/C15H20F3N5O4S/c1-2-3-28-14-21-11(19-5-15(16,17)18)8-12(22-14)23(6-20-8)13-10(26)9(25)7(4-24)27-13/h6-7,9-10,13,24-26H,2-5H2,1H3,(H,19,21,22)/t7-,9?,10?,13-/m1/s1. The Bertz CT molecular complexity index is 821. The van der Waals surface area contributed by atoms with Gasteiger partial charge >= 0.3 is 6.18 Å². The smallest absolute Gasteiger partial charge is 0.394 e. The molecule has 1 aliphatic rings. The summed E-state index contributed by atoms with van der Waals surface area (Å²) in [6.45, 7) is 0.141. The molecule has 0 saturated carbocycles. The van der Waals surface area contributed by atoms with Crippen LogP contribution in [-0.2, 0) is 4.74 Å². The predicted octanol–water partition coefficient (Wildman–Crippen LogP) is 0.914. The molecule has 3 heterocycles. The lowest BCUT2D eigenvalue weighted by atomic mass is 10.1. The van der Waals surface area contributed by atoms with Gasteiger partial charge in [0.15, 0.2) is 28.4 Å². The molecule has 1 fully saturated rings. The van der Waals surface area contributed by atoms with Gasteiger partial charge in [0, 0.05) is 5.75 Å². The van der Waals surface area contributed by atoms with Crippen LogP contribution < -0.4 is 5.32 Å². The van der Waals surface area contributed by atoms with E-state index < -0.39 is 43.9 Å². The molecule has 0 spiro atoms. The summed E-state index contributed by atoms with van der Waals surface area (Å²) in [6.07, 6.45) is -7.20. The van der Waals surface area contributed by atoms with Crippen molar-refractivity contribution in [3.05, 3.63) is 6.33 Å². The van der Waals surface area contributed by atoms with Crippen molar-refractivity contribution in [1.82, 2.24) is 19.5 Å². The van der Waals surface area contributed by atoms with Crippen LogP contribution in [0.2, 0.25) is 0 Å². The highest BCUT2D eigenvalue weighted by Gasteiger charge is 2.44. The number of aliphatic hydroxyl groups is 3. The first-order valence-corrected chi connectivity index (χ1v) is 9.54. The second-order valence-corrected chi connectivity index (χ2v) is 7.29. The zero-order chi connectivity index (χ0) is 20.5. The molecule has 3 rings (SSSR count). The monoisotopic (exact) mass is 423 g/mol. The van der Waals surface area contributed by atoms with E-state index in [1.807, 2.05) is 6.92 Å². The molecule has 28 heavy (non-hydrogen) atoms. The molecule has 156 valence electrons. The lowest BCUT2D eigenvalue weighted by Crippen LogP contribution is -2.33. The minimum Gasteiger partial charge on any atom is -0.394 e. The SMILES string of the molecule is CCCSc1nc(NCC(F)(F)F)c2ncn([C@@H]3O[C@H](CO)C(O)C3O)c2n1. The highest BCUT2D eigenvalue weighted by Crippen LogP contribution is 2.33. The zero-order valence-electron chi connectivity index (χ0n) is 14.8. The van der Waals surface area contributed by atoms with E-state index in [1.165, 1.54) is 22.7 Å². The fourth-order valence-electron chi connectivity index (χ4n) is 2.76. The Morgan fingerprint density at radius 3 is 2.64 bits per heavy atom. The molecule has 4 N–H and O–H groups in total. The number of ether oxygens (including phenoxy) is 1. The summed E-state index contributed by atoms with van der Waals surface area (Å²) in [5.41, 5.74) is 0.218. The second-order valence-electron chi connectivity index (χ2n) is 6.22. The molecular formula is C15H20F3N5O4S. The van der Waals surface area contributed by atoms with Gasteiger partial charge in [-0.3, -0.25) is 4.57 Å². The lowest BCUT2D eigenvalue weighted by molar-refractivity contribution is -0.115. The maximum Gasteiger partial charge on any atom is 0.405 e. The number of halogens is 3. The summed E-state index contributed by atoms with van der Waals surface area (Å²) in [6, 6.07) is 0. The van der Waals surface area contributed by atoms with E-state index in [-0.39, 0.29) is 22.1 Å². The van der Waals surface area contributed by atoms with E-state index in [0.29, 0.717) is 5.75 Å². The molecule has 9 nitrogen and oxygen atoms in total. The van der Waals surface area contributed by atoms with Crippen LogP contribution in [0.3, 0.4) is 0 Å². The first-order chi connectivity index (χ1) is 13.2. The van der Waals surface area contributed by atoms with Gasteiger partial charge < -0.3 is 25.4 Å². The molecule has 4 atom stereocenters. The number of anilines is 1. The average Bonchev–Trinajstić information content (AvgIpc) is 3.19. The Morgan fingerprint density at radius 1 is 1.29 bits per heavy atom. The van der Waals surface area contributed by atoms with Gasteiger partial charge in [-0.1, -0.05) is 18.7 Å². The highest BCUT2D eigenvalue weighted by atomic mass is 32.2. The molecule has 1 aliphatic heterocycles.